The Morgan fingerprint density at radius 1 is 1.35 bits per heavy atom. The van der Waals surface area contributed by atoms with Crippen LogP contribution >= 0.6 is 11.3 Å². The van der Waals surface area contributed by atoms with Crippen molar-refractivity contribution in [1.29, 1.82) is 0 Å². The molecule has 0 spiro atoms. The van der Waals surface area contributed by atoms with Crippen molar-refractivity contribution in [3.05, 3.63) is 41.3 Å². The molecule has 1 aromatic heterocycles. The molecule has 23 heavy (non-hydrogen) atoms. The number of anilines is 1. The number of amides is 2. The van der Waals surface area contributed by atoms with Crippen molar-refractivity contribution in [2.24, 2.45) is 5.92 Å². The Morgan fingerprint density at radius 3 is 2.57 bits per heavy atom. The van der Waals surface area contributed by atoms with Crippen LogP contribution in [0.2, 0.25) is 0 Å². The van der Waals surface area contributed by atoms with Crippen LogP contribution in [-0.4, -0.2) is 29.8 Å². The van der Waals surface area contributed by atoms with Crippen molar-refractivity contribution in [3.8, 4) is 0 Å². The Bertz CT molecular complexity index is 623. The number of thiophene rings is 1. The standard InChI is InChI=1S/C18H24N2O2S/c1-5-9-20(10-6-2)18(22)16-14-8-7-12(3)11-15(14)23-17(16)19-13(4)21/h5-6,12H,1-2,7-11H2,3-4H3,(H,19,21). The zero-order chi connectivity index (χ0) is 17.0. The van der Waals surface area contributed by atoms with Crippen molar-refractivity contribution in [1.82, 2.24) is 4.90 Å². The summed E-state index contributed by atoms with van der Waals surface area (Å²) >= 11 is 1.54. The Labute approximate surface area is 141 Å². The van der Waals surface area contributed by atoms with Crippen LogP contribution in [0.1, 0.15) is 41.1 Å². The fourth-order valence-corrected chi connectivity index (χ4v) is 4.38. The molecule has 1 aliphatic carbocycles. The summed E-state index contributed by atoms with van der Waals surface area (Å²) in [5.74, 6) is 0.414. The van der Waals surface area contributed by atoms with Crippen LogP contribution in [0.5, 0.6) is 0 Å². The number of hydrogen-bond donors (Lipinski definition) is 1. The molecule has 0 fully saturated rings. The molecule has 1 heterocycles. The van der Waals surface area contributed by atoms with Gasteiger partial charge in [0.2, 0.25) is 5.91 Å². The van der Waals surface area contributed by atoms with E-state index in [0.717, 1.165) is 24.8 Å². The van der Waals surface area contributed by atoms with Crippen LogP contribution in [0.25, 0.3) is 0 Å². The molecule has 0 saturated carbocycles. The first kappa shape index (κ1) is 17.5. The predicted octanol–water partition coefficient (Wildman–Crippen LogP) is 3.65. The van der Waals surface area contributed by atoms with Gasteiger partial charge in [0.25, 0.3) is 5.91 Å². The second kappa shape index (κ2) is 7.59. The Morgan fingerprint density at radius 2 is 2.00 bits per heavy atom. The van der Waals surface area contributed by atoms with Gasteiger partial charge in [-0.2, -0.15) is 0 Å². The van der Waals surface area contributed by atoms with Gasteiger partial charge in [-0.25, -0.2) is 0 Å². The van der Waals surface area contributed by atoms with Crippen LogP contribution in [-0.2, 0) is 17.6 Å². The maximum Gasteiger partial charge on any atom is 0.257 e. The zero-order valence-electron chi connectivity index (χ0n) is 13.9. The molecule has 1 atom stereocenters. The number of hydrogen-bond acceptors (Lipinski definition) is 3. The molecule has 5 heteroatoms. The van der Waals surface area contributed by atoms with Gasteiger partial charge in [0, 0.05) is 24.9 Å². The molecule has 0 radical (unpaired) electrons. The van der Waals surface area contributed by atoms with E-state index in [9.17, 15) is 9.59 Å². The third kappa shape index (κ3) is 3.91. The number of rotatable bonds is 6. The number of carbonyl (C=O) groups is 2. The smallest absolute Gasteiger partial charge is 0.257 e. The first-order chi connectivity index (χ1) is 11.0. The highest BCUT2D eigenvalue weighted by Gasteiger charge is 2.29. The summed E-state index contributed by atoms with van der Waals surface area (Å²) < 4.78 is 0. The number of carbonyl (C=O) groups excluding carboxylic acids is 2. The largest absolute Gasteiger partial charge is 0.331 e. The van der Waals surface area contributed by atoms with E-state index in [1.807, 2.05) is 0 Å². The third-order valence-electron chi connectivity index (χ3n) is 4.00. The minimum absolute atomic E-state index is 0.0550. The molecule has 1 unspecified atom stereocenters. The normalized spacial score (nSPS) is 16.3. The molecule has 0 aliphatic heterocycles. The maximum absolute atomic E-state index is 13.0. The Hall–Kier alpha value is -1.88. The van der Waals surface area contributed by atoms with Gasteiger partial charge in [-0.3, -0.25) is 9.59 Å². The molecule has 1 aromatic rings. The lowest BCUT2D eigenvalue weighted by atomic mass is 9.88. The van der Waals surface area contributed by atoms with Gasteiger partial charge >= 0.3 is 0 Å². The van der Waals surface area contributed by atoms with Crippen LogP contribution in [0.3, 0.4) is 0 Å². The fourth-order valence-electron chi connectivity index (χ4n) is 2.94. The summed E-state index contributed by atoms with van der Waals surface area (Å²) in [4.78, 5) is 27.5. The minimum Gasteiger partial charge on any atom is -0.331 e. The van der Waals surface area contributed by atoms with Gasteiger partial charge in [0.05, 0.1) is 5.56 Å². The molecule has 0 bridgehead atoms. The zero-order valence-corrected chi connectivity index (χ0v) is 14.7. The van der Waals surface area contributed by atoms with Gasteiger partial charge < -0.3 is 10.2 Å². The molecule has 2 rings (SSSR count). The molecular weight excluding hydrogens is 308 g/mol. The van der Waals surface area contributed by atoms with Gasteiger partial charge in [-0.05, 0) is 30.7 Å². The molecule has 1 N–H and O–H groups in total. The van der Waals surface area contributed by atoms with Gasteiger partial charge in [0.1, 0.15) is 5.00 Å². The lowest BCUT2D eigenvalue weighted by Gasteiger charge is -2.23. The highest BCUT2D eigenvalue weighted by Crippen LogP contribution is 2.40. The van der Waals surface area contributed by atoms with Gasteiger partial charge in [-0.15, -0.1) is 24.5 Å². The number of fused-ring (bicyclic) bond motifs is 1. The highest BCUT2D eigenvalue weighted by molar-refractivity contribution is 7.17. The minimum atomic E-state index is -0.148. The van der Waals surface area contributed by atoms with E-state index in [2.05, 4.69) is 25.4 Å². The van der Waals surface area contributed by atoms with Crippen molar-refractivity contribution in [2.45, 2.75) is 33.1 Å². The summed E-state index contributed by atoms with van der Waals surface area (Å²) in [5, 5.41) is 3.53. The third-order valence-corrected chi connectivity index (χ3v) is 5.17. The topological polar surface area (TPSA) is 49.4 Å². The SMILES string of the molecule is C=CCN(CC=C)C(=O)c1c(NC(C)=O)sc2c1CCC(C)C2. The Balaban J connectivity index is 2.45. The van der Waals surface area contributed by atoms with Crippen molar-refractivity contribution in [2.75, 3.05) is 18.4 Å². The molecule has 4 nitrogen and oxygen atoms in total. The van der Waals surface area contributed by atoms with E-state index >= 15 is 0 Å². The van der Waals surface area contributed by atoms with E-state index in [4.69, 9.17) is 0 Å². The predicted molar refractivity (Wildman–Crippen MR) is 96.1 cm³/mol. The highest BCUT2D eigenvalue weighted by atomic mass is 32.1. The molecule has 0 aromatic carbocycles. The average Bonchev–Trinajstić information content (AvgIpc) is 2.82. The lowest BCUT2D eigenvalue weighted by molar-refractivity contribution is -0.114. The molecule has 1 aliphatic rings. The fraction of sp³-hybridized carbons (Fsp3) is 0.444. The summed E-state index contributed by atoms with van der Waals surface area (Å²) in [7, 11) is 0. The van der Waals surface area contributed by atoms with E-state index < -0.39 is 0 Å². The summed E-state index contributed by atoms with van der Waals surface area (Å²) in [6, 6.07) is 0. The summed E-state index contributed by atoms with van der Waals surface area (Å²) in [5.41, 5.74) is 1.77. The molecule has 0 saturated heterocycles. The van der Waals surface area contributed by atoms with Crippen molar-refractivity contribution >= 4 is 28.2 Å². The Kier molecular flexibility index (Phi) is 5.77. The van der Waals surface area contributed by atoms with Crippen LogP contribution in [0, 0.1) is 5.92 Å². The second-order valence-corrected chi connectivity index (χ2v) is 7.13. The van der Waals surface area contributed by atoms with E-state index in [0.29, 0.717) is 29.6 Å². The molecular formula is C18H24N2O2S. The van der Waals surface area contributed by atoms with Crippen molar-refractivity contribution < 1.29 is 9.59 Å². The molecule has 2 amide bonds. The summed E-state index contributed by atoms with van der Waals surface area (Å²) in [6.07, 6.45) is 6.36. The summed E-state index contributed by atoms with van der Waals surface area (Å²) in [6.45, 7) is 12.1. The quantitative estimate of drug-likeness (QED) is 0.809. The van der Waals surface area contributed by atoms with E-state index in [1.54, 1.807) is 28.4 Å². The average molecular weight is 332 g/mol. The maximum atomic E-state index is 13.0. The number of nitrogens with one attached hydrogen (secondary N) is 1. The van der Waals surface area contributed by atoms with Gasteiger partial charge in [-0.1, -0.05) is 19.1 Å². The second-order valence-electron chi connectivity index (χ2n) is 6.02. The van der Waals surface area contributed by atoms with Crippen molar-refractivity contribution in [3.63, 3.8) is 0 Å². The van der Waals surface area contributed by atoms with Crippen LogP contribution in [0.15, 0.2) is 25.3 Å². The van der Waals surface area contributed by atoms with Crippen LogP contribution in [0.4, 0.5) is 5.00 Å². The van der Waals surface area contributed by atoms with E-state index in [1.165, 1.54) is 11.8 Å². The van der Waals surface area contributed by atoms with Gasteiger partial charge in [0.15, 0.2) is 0 Å². The van der Waals surface area contributed by atoms with Crippen LogP contribution < -0.4 is 5.32 Å². The lowest BCUT2D eigenvalue weighted by Crippen LogP contribution is -2.32. The van der Waals surface area contributed by atoms with E-state index in [-0.39, 0.29) is 11.8 Å². The molecule has 124 valence electrons. The first-order valence-corrected chi connectivity index (χ1v) is 8.72. The first-order valence-electron chi connectivity index (χ1n) is 7.91. The number of nitrogens with zero attached hydrogens (tertiary/aromatic N) is 1. The monoisotopic (exact) mass is 332 g/mol.